The van der Waals surface area contributed by atoms with Crippen molar-refractivity contribution in [3.8, 4) is 11.8 Å². The summed E-state index contributed by atoms with van der Waals surface area (Å²) in [6.07, 6.45) is -1.04. The van der Waals surface area contributed by atoms with Crippen molar-refractivity contribution in [2.45, 2.75) is 31.7 Å². The van der Waals surface area contributed by atoms with Crippen LogP contribution >= 0.6 is 15.9 Å². The molecule has 1 nitrogen and oxygen atoms in total. The van der Waals surface area contributed by atoms with Gasteiger partial charge in [-0.05, 0) is 11.3 Å². The SMILES string of the molecule is CC(C)(C)C(O)C#CC(F)(F)Br. The number of hydrogen-bond acceptors (Lipinski definition) is 1. The Bertz CT molecular complexity index is 204. The fourth-order valence-corrected chi connectivity index (χ4v) is 0.481. The van der Waals surface area contributed by atoms with Crippen molar-refractivity contribution < 1.29 is 13.9 Å². The van der Waals surface area contributed by atoms with E-state index in [0.29, 0.717) is 0 Å². The fraction of sp³-hybridized carbons (Fsp3) is 0.750. The molecule has 70 valence electrons. The number of aliphatic hydroxyl groups is 1. The van der Waals surface area contributed by atoms with Gasteiger partial charge < -0.3 is 5.11 Å². The molecule has 0 aromatic rings. The van der Waals surface area contributed by atoms with E-state index in [9.17, 15) is 13.9 Å². The number of hydrogen-bond donors (Lipinski definition) is 1. The molecular formula is C8H11BrF2O. The monoisotopic (exact) mass is 240 g/mol. The highest BCUT2D eigenvalue weighted by Crippen LogP contribution is 2.22. The van der Waals surface area contributed by atoms with Crippen molar-refractivity contribution >= 4 is 15.9 Å². The minimum Gasteiger partial charge on any atom is -0.380 e. The molecule has 0 saturated carbocycles. The first-order valence-corrected chi connectivity index (χ1v) is 4.20. The maximum absolute atomic E-state index is 12.1. The van der Waals surface area contributed by atoms with Crippen LogP contribution in [0.25, 0.3) is 0 Å². The molecule has 0 amide bonds. The maximum atomic E-state index is 12.1. The van der Waals surface area contributed by atoms with Gasteiger partial charge in [-0.25, -0.2) is 0 Å². The van der Waals surface area contributed by atoms with Gasteiger partial charge in [0.05, 0.1) is 0 Å². The van der Waals surface area contributed by atoms with Gasteiger partial charge in [-0.15, -0.1) is 0 Å². The molecule has 0 saturated heterocycles. The molecule has 1 N–H and O–H groups in total. The molecule has 0 aliphatic carbocycles. The summed E-state index contributed by atoms with van der Waals surface area (Å²) < 4.78 is 24.2. The summed E-state index contributed by atoms with van der Waals surface area (Å²) in [5, 5.41) is 9.22. The van der Waals surface area contributed by atoms with Crippen molar-refractivity contribution in [2.75, 3.05) is 0 Å². The van der Waals surface area contributed by atoms with Gasteiger partial charge in [0.15, 0.2) is 0 Å². The van der Waals surface area contributed by atoms with E-state index in [2.05, 4.69) is 21.9 Å². The molecule has 0 aromatic carbocycles. The van der Waals surface area contributed by atoms with Crippen molar-refractivity contribution in [3.05, 3.63) is 0 Å². The normalized spacial score (nSPS) is 14.9. The molecule has 0 radical (unpaired) electrons. The van der Waals surface area contributed by atoms with E-state index in [0.717, 1.165) is 0 Å². The second kappa shape index (κ2) is 3.71. The largest absolute Gasteiger partial charge is 0.380 e. The van der Waals surface area contributed by atoms with E-state index >= 15 is 0 Å². The molecule has 0 fully saturated rings. The molecule has 0 aliphatic heterocycles. The van der Waals surface area contributed by atoms with Gasteiger partial charge in [0.1, 0.15) is 6.10 Å². The van der Waals surface area contributed by atoms with Crippen LogP contribution in [-0.4, -0.2) is 16.0 Å². The van der Waals surface area contributed by atoms with E-state index in [-0.39, 0.29) is 0 Å². The van der Waals surface area contributed by atoms with Crippen LogP contribution in [-0.2, 0) is 0 Å². The summed E-state index contributed by atoms with van der Waals surface area (Å²) in [6, 6.07) is 0. The van der Waals surface area contributed by atoms with Crippen LogP contribution in [0, 0.1) is 17.3 Å². The Morgan fingerprint density at radius 2 is 1.75 bits per heavy atom. The second-order valence-corrected chi connectivity index (χ2v) is 4.53. The van der Waals surface area contributed by atoms with Crippen LogP contribution in [0.5, 0.6) is 0 Å². The van der Waals surface area contributed by atoms with Gasteiger partial charge in [-0.1, -0.05) is 26.7 Å². The maximum Gasteiger partial charge on any atom is 0.363 e. The highest BCUT2D eigenvalue weighted by Gasteiger charge is 2.23. The first-order chi connectivity index (χ1) is 5.13. The van der Waals surface area contributed by atoms with Crippen LogP contribution in [0.4, 0.5) is 8.78 Å². The molecule has 1 atom stereocenters. The van der Waals surface area contributed by atoms with E-state index in [1.807, 2.05) is 0 Å². The molecule has 0 bridgehead atoms. The topological polar surface area (TPSA) is 20.2 Å². The van der Waals surface area contributed by atoms with Gasteiger partial charge in [0, 0.05) is 15.9 Å². The quantitative estimate of drug-likeness (QED) is 0.510. The summed E-state index contributed by atoms with van der Waals surface area (Å²) in [4.78, 5) is -3.21. The average molecular weight is 241 g/mol. The summed E-state index contributed by atoms with van der Waals surface area (Å²) in [5.41, 5.74) is -0.495. The minimum absolute atomic E-state index is 0.495. The van der Waals surface area contributed by atoms with Gasteiger partial charge in [-0.3, -0.25) is 0 Å². The Kier molecular flexibility index (Phi) is 3.67. The molecule has 4 heteroatoms. The average Bonchev–Trinajstić information content (AvgIpc) is 1.78. The Balaban J connectivity index is 4.34. The van der Waals surface area contributed by atoms with E-state index in [1.54, 1.807) is 26.7 Å². The molecule has 12 heavy (non-hydrogen) atoms. The lowest BCUT2D eigenvalue weighted by Crippen LogP contribution is -2.24. The third kappa shape index (κ3) is 5.50. The van der Waals surface area contributed by atoms with Crippen molar-refractivity contribution in [1.82, 2.24) is 0 Å². The molecule has 0 aromatic heterocycles. The molecule has 0 rings (SSSR count). The smallest absolute Gasteiger partial charge is 0.363 e. The van der Waals surface area contributed by atoms with Crippen LogP contribution in [0.3, 0.4) is 0 Å². The predicted molar refractivity (Wildman–Crippen MR) is 47.1 cm³/mol. The van der Waals surface area contributed by atoms with Crippen molar-refractivity contribution in [1.29, 1.82) is 0 Å². The van der Waals surface area contributed by atoms with Gasteiger partial charge in [0.2, 0.25) is 0 Å². The Labute approximate surface area is 79.3 Å². The summed E-state index contributed by atoms with van der Waals surface area (Å²) in [5.74, 6) is 3.68. The number of aliphatic hydroxyl groups excluding tert-OH is 1. The zero-order valence-electron chi connectivity index (χ0n) is 7.16. The van der Waals surface area contributed by atoms with E-state index in [1.165, 1.54) is 0 Å². The fourth-order valence-electron chi connectivity index (χ4n) is 0.367. The van der Waals surface area contributed by atoms with Crippen LogP contribution < -0.4 is 0 Å². The summed E-state index contributed by atoms with van der Waals surface area (Å²) in [7, 11) is 0. The van der Waals surface area contributed by atoms with E-state index in [4.69, 9.17) is 0 Å². The molecule has 0 heterocycles. The highest BCUT2D eigenvalue weighted by atomic mass is 79.9. The Morgan fingerprint density at radius 1 is 1.33 bits per heavy atom. The molecule has 0 spiro atoms. The Morgan fingerprint density at radius 3 is 2.00 bits per heavy atom. The second-order valence-electron chi connectivity index (χ2n) is 3.54. The zero-order valence-corrected chi connectivity index (χ0v) is 8.74. The highest BCUT2D eigenvalue weighted by molar-refractivity contribution is 9.10. The van der Waals surface area contributed by atoms with Crippen molar-refractivity contribution in [3.63, 3.8) is 0 Å². The lowest BCUT2D eigenvalue weighted by Gasteiger charge is -2.20. The summed E-state index contributed by atoms with van der Waals surface area (Å²) >= 11 is 2.06. The number of rotatable bonds is 0. The van der Waals surface area contributed by atoms with Crippen LogP contribution in [0.15, 0.2) is 0 Å². The molecular weight excluding hydrogens is 230 g/mol. The third-order valence-electron chi connectivity index (χ3n) is 1.17. The molecule has 0 aliphatic rings. The standard InChI is InChI=1S/C8H11BrF2O/c1-7(2,3)6(12)4-5-8(9,10)11/h6,12H,1-3H3. The van der Waals surface area contributed by atoms with Crippen LogP contribution in [0.1, 0.15) is 20.8 Å². The first-order valence-electron chi connectivity index (χ1n) is 3.40. The van der Waals surface area contributed by atoms with Crippen LogP contribution in [0.2, 0.25) is 0 Å². The predicted octanol–water partition coefficient (Wildman–Crippen LogP) is 2.38. The lowest BCUT2D eigenvalue weighted by atomic mass is 9.90. The van der Waals surface area contributed by atoms with Gasteiger partial charge in [-0.2, -0.15) is 8.78 Å². The molecule has 1 unspecified atom stereocenters. The minimum atomic E-state index is -3.21. The summed E-state index contributed by atoms with van der Waals surface area (Å²) in [6.45, 7) is 5.16. The van der Waals surface area contributed by atoms with E-state index < -0.39 is 16.4 Å². The van der Waals surface area contributed by atoms with Gasteiger partial charge in [0.25, 0.3) is 0 Å². The Hall–Kier alpha value is -0.140. The van der Waals surface area contributed by atoms with Gasteiger partial charge >= 0.3 is 4.83 Å². The number of alkyl halides is 3. The number of halogens is 3. The third-order valence-corrected chi connectivity index (χ3v) is 1.37. The first kappa shape index (κ1) is 11.9. The zero-order chi connectivity index (χ0) is 9.99. The van der Waals surface area contributed by atoms with Crippen molar-refractivity contribution in [2.24, 2.45) is 5.41 Å². The lowest BCUT2D eigenvalue weighted by molar-refractivity contribution is 0.112.